The highest BCUT2D eigenvalue weighted by molar-refractivity contribution is 6.04. The van der Waals surface area contributed by atoms with Crippen molar-refractivity contribution in [1.29, 1.82) is 0 Å². The van der Waals surface area contributed by atoms with E-state index in [9.17, 15) is 18.4 Å². The predicted octanol–water partition coefficient (Wildman–Crippen LogP) is 3.10. The van der Waals surface area contributed by atoms with Crippen molar-refractivity contribution in [3.63, 3.8) is 0 Å². The number of benzene rings is 2. The van der Waals surface area contributed by atoms with Gasteiger partial charge in [0.25, 0.3) is 0 Å². The van der Waals surface area contributed by atoms with Gasteiger partial charge in [-0.3, -0.25) is 9.59 Å². The summed E-state index contributed by atoms with van der Waals surface area (Å²) in [6, 6.07) is 10.7. The van der Waals surface area contributed by atoms with Crippen LogP contribution in [0.4, 0.5) is 25.8 Å². The van der Waals surface area contributed by atoms with Crippen LogP contribution < -0.4 is 15.1 Å². The highest BCUT2D eigenvalue weighted by Gasteiger charge is 2.36. The molecular formula is C23H26F2N4O2. The third-order valence-electron chi connectivity index (χ3n) is 6.02. The summed E-state index contributed by atoms with van der Waals surface area (Å²) in [5.41, 5.74) is 1.66. The number of nitrogens with zero attached hydrogens (tertiary/aromatic N) is 3. The SMILES string of the molecule is CCN1CCN(c2ccccc2NC(=O)C2CC(=O)N(c3ccc(F)cc3F)C2)CC1. The van der Waals surface area contributed by atoms with Crippen LogP contribution in [0.25, 0.3) is 0 Å². The van der Waals surface area contributed by atoms with Crippen molar-refractivity contribution in [1.82, 2.24) is 4.90 Å². The first kappa shape index (κ1) is 21.2. The van der Waals surface area contributed by atoms with Gasteiger partial charge in [0.05, 0.1) is 23.0 Å². The van der Waals surface area contributed by atoms with Crippen molar-refractivity contribution >= 4 is 28.9 Å². The van der Waals surface area contributed by atoms with E-state index in [0.717, 1.165) is 50.5 Å². The summed E-state index contributed by atoms with van der Waals surface area (Å²) in [6.45, 7) is 6.91. The number of amides is 2. The molecular weight excluding hydrogens is 402 g/mol. The fourth-order valence-electron chi connectivity index (χ4n) is 4.21. The molecule has 8 heteroatoms. The molecule has 2 aliphatic rings. The number of nitrogens with one attached hydrogen (secondary N) is 1. The lowest BCUT2D eigenvalue weighted by Crippen LogP contribution is -2.46. The number of carbonyl (C=O) groups excluding carboxylic acids is 2. The lowest BCUT2D eigenvalue weighted by molar-refractivity contribution is -0.122. The van der Waals surface area contributed by atoms with E-state index in [1.807, 2.05) is 24.3 Å². The zero-order chi connectivity index (χ0) is 22.0. The van der Waals surface area contributed by atoms with Gasteiger partial charge in [0.1, 0.15) is 11.6 Å². The molecule has 0 bridgehead atoms. The minimum Gasteiger partial charge on any atom is -0.367 e. The van der Waals surface area contributed by atoms with E-state index in [-0.39, 0.29) is 30.5 Å². The van der Waals surface area contributed by atoms with E-state index in [2.05, 4.69) is 22.0 Å². The van der Waals surface area contributed by atoms with E-state index in [1.54, 1.807) is 0 Å². The molecule has 0 spiro atoms. The first-order chi connectivity index (χ1) is 15.0. The van der Waals surface area contributed by atoms with Crippen LogP contribution in [0.5, 0.6) is 0 Å². The van der Waals surface area contributed by atoms with Gasteiger partial charge in [0, 0.05) is 45.2 Å². The van der Waals surface area contributed by atoms with Crippen molar-refractivity contribution in [3.8, 4) is 0 Å². The van der Waals surface area contributed by atoms with E-state index >= 15 is 0 Å². The molecule has 2 aromatic rings. The third-order valence-corrected chi connectivity index (χ3v) is 6.02. The highest BCUT2D eigenvalue weighted by atomic mass is 19.1. The second kappa shape index (κ2) is 9.01. The van der Waals surface area contributed by atoms with Crippen LogP contribution in [0.3, 0.4) is 0 Å². The summed E-state index contributed by atoms with van der Waals surface area (Å²) in [7, 11) is 0. The van der Waals surface area contributed by atoms with Gasteiger partial charge in [-0.2, -0.15) is 0 Å². The highest BCUT2D eigenvalue weighted by Crippen LogP contribution is 2.31. The number of rotatable bonds is 5. The summed E-state index contributed by atoms with van der Waals surface area (Å²) in [4.78, 5) is 31.2. The molecule has 0 saturated carbocycles. The maximum Gasteiger partial charge on any atom is 0.229 e. The maximum atomic E-state index is 14.1. The molecule has 0 aliphatic carbocycles. The third kappa shape index (κ3) is 4.54. The Kier molecular flexibility index (Phi) is 6.18. The van der Waals surface area contributed by atoms with Gasteiger partial charge in [-0.1, -0.05) is 19.1 Å². The number of para-hydroxylation sites is 2. The fourth-order valence-corrected chi connectivity index (χ4v) is 4.21. The Morgan fingerprint density at radius 1 is 1.06 bits per heavy atom. The minimum absolute atomic E-state index is 0.00380. The van der Waals surface area contributed by atoms with Crippen LogP contribution in [0.1, 0.15) is 13.3 Å². The van der Waals surface area contributed by atoms with Crippen molar-refractivity contribution in [2.24, 2.45) is 5.92 Å². The number of carbonyl (C=O) groups is 2. The molecule has 1 unspecified atom stereocenters. The Balaban J connectivity index is 1.45. The Labute approximate surface area is 180 Å². The van der Waals surface area contributed by atoms with Crippen LogP contribution >= 0.6 is 0 Å². The molecule has 2 heterocycles. The second-order valence-corrected chi connectivity index (χ2v) is 7.93. The molecule has 1 N–H and O–H groups in total. The number of likely N-dealkylation sites (N-methyl/N-ethyl adjacent to an activating group) is 1. The van der Waals surface area contributed by atoms with Gasteiger partial charge in [0.15, 0.2) is 0 Å². The molecule has 0 aromatic heterocycles. The molecule has 0 radical (unpaired) electrons. The molecule has 6 nitrogen and oxygen atoms in total. The van der Waals surface area contributed by atoms with Crippen LogP contribution in [0.15, 0.2) is 42.5 Å². The molecule has 4 rings (SSSR count). The monoisotopic (exact) mass is 428 g/mol. The number of halogens is 2. The summed E-state index contributed by atoms with van der Waals surface area (Å²) >= 11 is 0. The van der Waals surface area contributed by atoms with E-state index < -0.39 is 17.6 Å². The van der Waals surface area contributed by atoms with Gasteiger partial charge < -0.3 is 20.0 Å². The Morgan fingerprint density at radius 2 is 1.81 bits per heavy atom. The van der Waals surface area contributed by atoms with Crippen molar-refractivity contribution in [2.75, 3.05) is 54.4 Å². The zero-order valence-corrected chi connectivity index (χ0v) is 17.5. The first-order valence-electron chi connectivity index (χ1n) is 10.6. The molecule has 1 atom stereocenters. The molecule has 2 aromatic carbocycles. The molecule has 2 amide bonds. The lowest BCUT2D eigenvalue weighted by atomic mass is 10.1. The molecule has 2 saturated heterocycles. The number of piperazine rings is 1. The largest absolute Gasteiger partial charge is 0.367 e. The molecule has 31 heavy (non-hydrogen) atoms. The van der Waals surface area contributed by atoms with Crippen LogP contribution in [0, 0.1) is 17.6 Å². The van der Waals surface area contributed by atoms with E-state index in [4.69, 9.17) is 0 Å². The van der Waals surface area contributed by atoms with Gasteiger partial charge >= 0.3 is 0 Å². The van der Waals surface area contributed by atoms with Crippen LogP contribution in [-0.2, 0) is 9.59 Å². The normalized spacial score (nSPS) is 19.7. The van der Waals surface area contributed by atoms with Gasteiger partial charge in [-0.15, -0.1) is 0 Å². The van der Waals surface area contributed by atoms with Gasteiger partial charge in [0.2, 0.25) is 11.8 Å². The summed E-state index contributed by atoms with van der Waals surface area (Å²) in [5.74, 6) is -2.76. The molecule has 2 fully saturated rings. The minimum atomic E-state index is -0.814. The zero-order valence-electron chi connectivity index (χ0n) is 17.5. The summed E-state index contributed by atoms with van der Waals surface area (Å²) in [5, 5.41) is 2.96. The van der Waals surface area contributed by atoms with Crippen molar-refractivity contribution < 1.29 is 18.4 Å². The van der Waals surface area contributed by atoms with Crippen LogP contribution in [-0.4, -0.2) is 56.0 Å². The predicted molar refractivity (Wildman–Crippen MR) is 116 cm³/mol. The summed E-state index contributed by atoms with van der Waals surface area (Å²) in [6.07, 6.45) is -0.0139. The average Bonchev–Trinajstić information content (AvgIpc) is 3.16. The topological polar surface area (TPSA) is 55.9 Å². The van der Waals surface area contributed by atoms with E-state index in [1.165, 1.54) is 11.0 Å². The Bertz CT molecular complexity index is 976. The Morgan fingerprint density at radius 3 is 2.52 bits per heavy atom. The van der Waals surface area contributed by atoms with E-state index in [0.29, 0.717) is 5.69 Å². The fraction of sp³-hybridized carbons (Fsp3) is 0.391. The second-order valence-electron chi connectivity index (χ2n) is 7.93. The van der Waals surface area contributed by atoms with Gasteiger partial charge in [-0.05, 0) is 30.8 Å². The smallest absolute Gasteiger partial charge is 0.229 e. The van der Waals surface area contributed by atoms with Crippen LogP contribution in [0.2, 0.25) is 0 Å². The summed E-state index contributed by atoms with van der Waals surface area (Å²) < 4.78 is 27.3. The number of hydrogen-bond acceptors (Lipinski definition) is 4. The Hall–Kier alpha value is -3.00. The standard InChI is InChI=1S/C23H26F2N4O2/c1-2-27-9-11-28(12-10-27)21-6-4-3-5-19(21)26-23(31)16-13-22(30)29(15-16)20-8-7-17(24)14-18(20)25/h3-8,14,16H,2,9-13,15H2,1H3,(H,26,31). The number of anilines is 3. The average molecular weight is 428 g/mol. The van der Waals surface area contributed by atoms with Crippen molar-refractivity contribution in [3.05, 3.63) is 54.1 Å². The number of hydrogen-bond donors (Lipinski definition) is 1. The maximum absolute atomic E-state index is 14.1. The quantitative estimate of drug-likeness (QED) is 0.795. The van der Waals surface area contributed by atoms with Crippen molar-refractivity contribution in [2.45, 2.75) is 13.3 Å². The lowest BCUT2D eigenvalue weighted by Gasteiger charge is -2.36. The molecule has 164 valence electrons. The molecule has 2 aliphatic heterocycles. The first-order valence-corrected chi connectivity index (χ1v) is 10.6. The van der Waals surface area contributed by atoms with Gasteiger partial charge in [-0.25, -0.2) is 8.78 Å².